The van der Waals surface area contributed by atoms with E-state index in [0.29, 0.717) is 22.2 Å². The fraction of sp³-hybridized carbons (Fsp3) is 0. The highest BCUT2D eigenvalue weighted by Gasteiger charge is 2.12. The Hall–Kier alpha value is -4.98. The Balaban J connectivity index is 1.43. The van der Waals surface area contributed by atoms with Crippen molar-refractivity contribution in [2.75, 3.05) is 0 Å². The third kappa shape index (κ3) is 3.25. The molecule has 0 spiro atoms. The monoisotopic (exact) mass is 450 g/mol. The fourth-order valence-electron chi connectivity index (χ4n) is 3.88. The van der Waals surface area contributed by atoms with Gasteiger partial charge in [-0.1, -0.05) is 12.1 Å². The highest BCUT2D eigenvalue weighted by Crippen LogP contribution is 2.28. The number of aromatic nitrogens is 2. The van der Waals surface area contributed by atoms with E-state index >= 15 is 0 Å². The summed E-state index contributed by atoms with van der Waals surface area (Å²) in [6.07, 6.45) is 0. The predicted molar refractivity (Wildman–Crippen MR) is 126 cm³/mol. The molecule has 2 N–H and O–H groups in total. The first kappa shape index (κ1) is 19.7. The number of aromatic hydroxyl groups is 2. The van der Waals surface area contributed by atoms with Gasteiger partial charge in [-0.2, -0.15) is 0 Å². The smallest absolute Gasteiger partial charge is 0.347 e. The molecule has 8 nitrogen and oxygen atoms in total. The lowest BCUT2D eigenvalue weighted by Crippen LogP contribution is -2.03. The van der Waals surface area contributed by atoms with Gasteiger partial charge in [0.15, 0.2) is 0 Å². The van der Waals surface area contributed by atoms with E-state index in [4.69, 9.17) is 8.83 Å². The van der Waals surface area contributed by atoms with Gasteiger partial charge in [-0.15, -0.1) is 0 Å². The van der Waals surface area contributed by atoms with Gasteiger partial charge in [0.2, 0.25) is 11.8 Å². The largest absolute Gasteiger partial charge is 0.508 e. The van der Waals surface area contributed by atoms with E-state index < -0.39 is 11.3 Å². The lowest BCUT2D eigenvalue weighted by Gasteiger charge is -2.06. The van der Waals surface area contributed by atoms with Crippen molar-refractivity contribution >= 4 is 32.6 Å². The Morgan fingerprint density at radius 1 is 0.559 bits per heavy atom. The maximum atomic E-state index is 12.4. The summed E-state index contributed by atoms with van der Waals surface area (Å²) in [6, 6.07) is 19.6. The molecule has 0 amide bonds. The molecule has 0 saturated heterocycles. The Bertz CT molecular complexity index is 1750. The number of hydrogen-bond acceptors (Lipinski definition) is 8. The van der Waals surface area contributed by atoms with E-state index in [2.05, 4.69) is 9.97 Å². The van der Waals surface area contributed by atoms with Crippen LogP contribution in [0.25, 0.3) is 55.5 Å². The van der Waals surface area contributed by atoms with Crippen LogP contribution >= 0.6 is 0 Å². The highest BCUT2D eigenvalue weighted by atomic mass is 16.4. The normalized spacial score (nSPS) is 11.4. The Morgan fingerprint density at radius 2 is 1.00 bits per heavy atom. The standard InChI is InChI=1S/C26H14N2O6/c29-17-5-7-21-19(11-17)25(31)33-23(27-21)15-3-1-13-9-16(4-2-14(13)10-15)24-28-22-8-6-18(30)12-20(22)26(32)34-24/h1-12,29-30H. The minimum atomic E-state index is -0.586. The number of fused-ring (bicyclic) bond motifs is 3. The summed E-state index contributed by atoms with van der Waals surface area (Å²) in [5, 5.41) is 21.3. The molecule has 0 unspecified atom stereocenters. The second-order valence-electron chi connectivity index (χ2n) is 7.79. The average Bonchev–Trinajstić information content (AvgIpc) is 2.84. The van der Waals surface area contributed by atoms with E-state index in [1.54, 1.807) is 24.3 Å². The number of phenolic OH excluding ortho intramolecular Hbond substituents is 2. The second-order valence-corrected chi connectivity index (χ2v) is 7.79. The lowest BCUT2D eigenvalue weighted by molar-refractivity contribution is 0.474. The molecule has 2 aromatic heterocycles. The van der Waals surface area contributed by atoms with Gasteiger partial charge in [-0.25, -0.2) is 19.6 Å². The minimum Gasteiger partial charge on any atom is -0.508 e. The van der Waals surface area contributed by atoms with Gasteiger partial charge in [-0.05, 0) is 71.4 Å². The van der Waals surface area contributed by atoms with E-state index in [1.807, 2.05) is 24.3 Å². The lowest BCUT2D eigenvalue weighted by atomic mass is 10.0. The van der Waals surface area contributed by atoms with Crippen LogP contribution in [-0.2, 0) is 0 Å². The van der Waals surface area contributed by atoms with Crippen molar-refractivity contribution in [2.45, 2.75) is 0 Å². The van der Waals surface area contributed by atoms with Crippen LogP contribution in [-0.4, -0.2) is 20.2 Å². The molecule has 0 fully saturated rings. The van der Waals surface area contributed by atoms with Crippen LogP contribution in [0.3, 0.4) is 0 Å². The van der Waals surface area contributed by atoms with Gasteiger partial charge in [0.1, 0.15) is 11.5 Å². The van der Waals surface area contributed by atoms with Gasteiger partial charge in [0.05, 0.1) is 21.8 Å². The maximum Gasteiger partial charge on any atom is 0.347 e. The summed E-state index contributed by atoms with van der Waals surface area (Å²) >= 11 is 0. The van der Waals surface area contributed by atoms with Crippen molar-refractivity contribution < 1.29 is 19.0 Å². The second kappa shape index (κ2) is 7.28. The first-order chi connectivity index (χ1) is 16.4. The van der Waals surface area contributed by atoms with Crippen LogP contribution in [0, 0.1) is 0 Å². The molecule has 164 valence electrons. The highest BCUT2D eigenvalue weighted by molar-refractivity contribution is 5.90. The quantitative estimate of drug-likeness (QED) is 0.392. The molecular weight excluding hydrogens is 436 g/mol. The zero-order chi connectivity index (χ0) is 23.4. The number of benzene rings is 4. The van der Waals surface area contributed by atoms with Crippen LogP contribution < -0.4 is 11.3 Å². The van der Waals surface area contributed by atoms with Crippen LogP contribution in [0.4, 0.5) is 0 Å². The topological polar surface area (TPSA) is 127 Å². The van der Waals surface area contributed by atoms with E-state index in [9.17, 15) is 19.8 Å². The van der Waals surface area contributed by atoms with Gasteiger partial charge < -0.3 is 19.0 Å². The van der Waals surface area contributed by atoms with Crippen molar-refractivity contribution in [1.29, 1.82) is 0 Å². The van der Waals surface area contributed by atoms with Crippen molar-refractivity contribution in [3.8, 4) is 34.4 Å². The SMILES string of the molecule is O=c1oc(-c2ccc3cc(-c4nc5ccc(O)cc5c(=O)o4)ccc3c2)nc2ccc(O)cc12. The minimum absolute atomic E-state index is 0.0363. The number of hydrogen-bond donors (Lipinski definition) is 2. The average molecular weight is 450 g/mol. The van der Waals surface area contributed by atoms with Crippen LogP contribution in [0.1, 0.15) is 0 Å². The Morgan fingerprint density at radius 3 is 1.44 bits per heavy atom. The summed E-state index contributed by atoms with van der Waals surface area (Å²) in [4.78, 5) is 33.5. The van der Waals surface area contributed by atoms with Crippen LogP contribution in [0.2, 0.25) is 0 Å². The maximum absolute atomic E-state index is 12.4. The summed E-state index contributed by atoms with van der Waals surface area (Å²) < 4.78 is 10.8. The van der Waals surface area contributed by atoms with E-state index in [-0.39, 0.29) is 34.1 Å². The molecule has 6 rings (SSSR count). The molecule has 0 aliphatic heterocycles. The fourth-order valence-corrected chi connectivity index (χ4v) is 3.88. The predicted octanol–water partition coefficient (Wildman–Crippen LogP) is 4.59. The number of rotatable bonds is 2. The summed E-state index contributed by atoms with van der Waals surface area (Å²) in [7, 11) is 0. The molecular formula is C26H14N2O6. The first-order valence-electron chi connectivity index (χ1n) is 10.3. The molecule has 0 aliphatic rings. The molecule has 34 heavy (non-hydrogen) atoms. The molecule has 2 heterocycles. The van der Waals surface area contributed by atoms with Crippen molar-refractivity contribution in [2.24, 2.45) is 0 Å². The number of phenols is 2. The van der Waals surface area contributed by atoms with Gasteiger partial charge in [0, 0.05) is 11.1 Å². The van der Waals surface area contributed by atoms with E-state index in [0.717, 1.165) is 10.8 Å². The summed E-state index contributed by atoms with van der Waals surface area (Å²) in [5.74, 6) is 0.260. The van der Waals surface area contributed by atoms with Crippen LogP contribution in [0.15, 0.2) is 91.2 Å². The van der Waals surface area contributed by atoms with Crippen molar-refractivity contribution in [1.82, 2.24) is 9.97 Å². The van der Waals surface area contributed by atoms with Crippen molar-refractivity contribution in [3.05, 3.63) is 93.6 Å². The third-order valence-electron chi connectivity index (χ3n) is 5.56. The zero-order valence-electron chi connectivity index (χ0n) is 17.4. The molecule has 0 radical (unpaired) electrons. The van der Waals surface area contributed by atoms with Gasteiger partial charge in [-0.3, -0.25) is 0 Å². The number of nitrogens with zero attached hydrogens (tertiary/aromatic N) is 2. The molecule has 0 atom stereocenters. The van der Waals surface area contributed by atoms with Crippen LogP contribution in [0.5, 0.6) is 11.5 Å². The summed E-state index contributed by atoms with van der Waals surface area (Å²) in [6.45, 7) is 0. The van der Waals surface area contributed by atoms with Gasteiger partial charge in [0.25, 0.3) is 0 Å². The Kier molecular flexibility index (Phi) is 4.21. The third-order valence-corrected chi connectivity index (χ3v) is 5.56. The van der Waals surface area contributed by atoms with Gasteiger partial charge >= 0.3 is 11.3 Å². The van der Waals surface area contributed by atoms with E-state index in [1.165, 1.54) is 24.3 Å². The molecule has 4 aromatic carbocycles. The molecule has 8 heteroatoms. The molecule has 6 aromatic rings. The Labute approximate surface area is 190 Å². The first-order valence-corrected chi connectivity index (χ1v) is 10.3. The molecule has 0 aliphatic carbocycles. The summed E-state index contributed by atoms with van der Waals surface area (Å²) in [5.41, 5.74) is 0.898. The van der Waals surface area contributed by atoms with Crippen molar-refractivity contribution in [3.63, 3.8) is 0 Å². The molecule has 0 bridgehead atoms. The zero-order valence-corrected chi connectivity index (χ0v) is 17.4. The molecule has 0 saturated carbocycles.